The molecule has 2 aromatic carbocycles. The Morgan fingerprint density at radius 1 is 1.00 bits per heavy atom. The van der Waals surface area contributed by atoms with Gasteiger partial charge in [0.2, 0.25) is 5.91 Å². The lowest BCUT2D eigenvalue weighted by Gasteiger charge is -2.10. The number of carboxylic acid groups (broad SMARTS) is 1. The highest BCUT2D eigenvalue weighted by molar-refractivity contribution is 6.00. The fourth-order valence-electron chi connectivity index (χ4n) is 2.62. The van der Waals surface area contributed by atoms with E-state index in [-0.39, 0.29) is 35.7 Å². The number of hydrogen-bond acceptors (Lipinski definition) is 3. The van der Waals surface area contributed by atoms with Gasteiger partial charge in [-0.3, -0.25) is 9.59 Å². The first kappa shape index (κ1) is 16.4. The number of benzene rings is 2. The molecule has 0 aliphatic rings. The Kier molecular flexibility index (Phi) is 4.61. The Morgan fingerprint density at radius 3 is 2.52 bits per heavy atom. The minimum absolute atomic E-state index is 0.0266. The van der Waals surface area contributed by atoms with Gasteiger partial charge in [0.05, 0.1) is 11.3 Å². The van der Waals surface area contributed by atoms with Crippen LogP contribution in [0.5, 0.6) is 0 Å². The van der Waals surface area contributed by atoms with Crippen LogP contribution in [0.25, 0.3) is 10.8 Å². The first-order valence-corrected chi connectivity index (χ1v) is 7.76. The van der Waals surface area contributed by atoms with Crippen molar-refractivity contribution in [2.24, 2.45) is 0 Å². The number of aryl methyl sites for hydroxylation is 1. The number of para-hydroxylation sites is 1. The van der Waals surface area contributed by atoms with Crippen LogP contribution >= 0.6 is 0 Å². The van der Waals surface area contributed by atoms with E-state index in [1.165, 1.54) is 16.7 Å². The van der Waals surface area contributed by atoms with Crippen molar-refractivity contribution in [1.82, 2.24) is 4.57 Å². The van der Waals surface area contributed by atoms with Gasteiger partial charge < -0.3 is 15.0 Å². The number of carbonyl (C=O) groups is 2. The predicted octanol–water partition coefficient (Wildman–Crippen LogP) is 2.73. The Balaban J connectivity index is 1.72. The molecule has 0 saturated carbocycles. The van der Waals surface area contributed by atoms with Crippen molar-refractivity contribution in [3.63, 3.8) is 0 Å². The summed E-state index contributed by atoms with van der Waals surface area (Å²) < 4.78 is 1.48. The van der Waals surface area contributed by atoms with Crippen molar-refractivity contribution < 1.29 is 14.7 Å². The van der Waals surface area contributed by atoms with E-state index in [1.54, 1.807) is 30.5 Å². The number of aromatic carboxylic acids is 1. The topological polar surface area (TPSA) is 88.4 Å². The summed E-state index contributed by atoms with van der Waals surface area (Å²) in [4.78, 5) is 35.7. The number of carbonyl (C=O) groups excluding carboxylic acids is 1. The fourth-order valence-corrected chi connectivity index (χ4v) is 2.62. The maximum Gasteiger partial charge on any atom is 0.337 e. The van der Waals surface area contributed by atoms with E-state index in [0.29, 0.717) is 5.39 Å². The van der Waals surface area contributed by atoms with Gasteiger partial charge in [-0.25, -0.2) is 4.79 Å². The summed E-state index contributed by atoms with van der Waals surface area (Å²) in [6.07, 6.45) is 1.72. The minimum atomic E-state index is -1.11. The van der Waals surface area contributed by atoms with E-state index in [1.807, 2.05) is 18.2 Å². The average molecular weight is 336 g/mol. The second kappa shape index (κ2) is 7.00. The molecule has 6 nitrogen and oxygen atoms in total. The van der Waals surface area contributed by atoms with Crippen LogP contribution in [0.15, 0.2) is 65.6 Å². The summed E-state index contributed by atoms with van der Waals surface area (Å²) in [5.41, 5.74) is 0.112. The number of nitrogens with one attached hydrogen (secondary N) is 1. The lowest BCUT2D eigenvalue weighted by atomic mass is 10.1. The van der Waals surface area contributed by atoms with Crippen molar-refractivity contribution in [3.05, 3.63) is 76.7 Å². The van der Waals surface area contributed by atoms with Crippen molar-refractivity contribution in [1.29, 1.82) is 0 Å². The summed E-state index contributed by atoms with van der Waals surface area (Å²) in [5.74, 6) is -1.46. The van der Waals surface area contributed by atoms with E-state index in [2.05, 4.69) is 5.32 Å². The third-order valence-electron chi connectivity index (χ3n) is 3.90. The second-order valence-corrected chi connectivity index (χ2v) is 5.55. The standard InChI is InChI=1S/C19H16N2O4/c22-17(20-16-8-4-3-7-15(16)19(24)25)10-12-21-11-9-13-5-1-2-6-14(13)18(21)23/h1-9,11H,10,12H2,(H,20,22)(H,24,25). The number of rotatable bonds is 5. The van der Waals surface area contributed by atoms with Crippen molar-refractivity contribution in [2.75, 3.05) is 5.32 Å². The zero-order chi connectivity index (χ0) is 17.8. The molecule has 0 atom stereocenters. The number of amides is 1. The highest BCUT2D eigenvalue weighted by Crippen LogP contribution is 2.15. The molecule has 0 spiro atoms. The summed E-state index contributed by atoms with van der Waals surface area (Å²) in [6.45, 7) is 0.213. The van der Waals surface area contributed by atoms with Gasteiger partial charge in [-0.15, -0.1) is 0 Å². The zero-order valence-corrected chi connectivity index (χ0v) is 13.3. The van der Waals surface area contributed by atoms with E-state index in [4.69, 9.17) is 5.11 Å². The Bertz CT molecular complexity index is 1010. The predicted molar refractivity (Wildman–Crippen MR) is 94.9 cm³/mol. The summed E-state index contributed by atoms with van der Waals surface area (Å²) in [7, 11) is 0. The van der Waals surface area contributed by atoms with Gasteiger partial charge >= 0.3 is 5.97 Å². The summed E-state index contributed by atoms with van der Waals surface area (Å²) in [6, 6.07) is 15.3. The number of nitrogens with zero attached hydrogens (tertiary/aromatic N) is 1. The molecule has 0 radical (unpaired) electrons. The first-order chi connectivity index (χ1) is 12.1. The molecular formula is C19H16N2O4. The molecule has 1 amide bonds. The highest BCUT2D eigenvalue weighted by Gasteiger charge is 2.12. The molecule has 1 heterocycles. The number of anilines is 1. The maximum absolute atomic E-state index is 12.4. The quantitative estimate of drug-likeness (QED) is 0.750. The van der Waals surface area contributed by atoms with Gasteiger partial charge in [-0.1, -0.05) is 30.3 Å². The summed E-state index contributed by atoms with van der Waals surface area (Å²) in [5, 5.41) is 13.2. The molecule has 0 aliphatic carbocycles. The van der Waals surface area contributed by atoms with Gasteiger partial charge in [0.1, 0.15) is 0 Å². The highest BCUT2D eigenvalue weighted by atomic mass is 16.4. The van der Waals surface area contributed by atoms with E-state index in [9.17, 15) is 14.4 Å². The van der Waals surface area contributed by atoms with Crippen LogP contribution in [0.1, 0.15) is 16.8 Å². The minimum Gasteiger partial charge on any atom is -0.478 e. The Morgan fingerprint density at radius 2 is 1.72 bits per heavy atom. The molecule has 0 fully saturated rings. The first-order valence-electron chi connectivity index (χ1n) is 7.76. The molecular weight excluding hydrogens is 320 g/mol. The molecule has 3 rings (SSSR count). The molecule has 1 aromatic heterocycles. The van der Waals surface area contributed by atoms with E-state index >= 15 is 0 Å². The molecule has 0 saturated heterocycles. The average Bonchev–Trinajstić information content (AvgIpc) is 2.61. The molecule has 3 aromatic rings. The van der Waals surface area contributed by atoms with Crippen LogP contribution in [0.4, 0.5) is 5.69 Å². The molecule has 0 unspecified atom stereocenters. The van der Waals surface area contributed by atoms with Crippen LogP contribution in [0.2, 0.25) is 0 Å². The Labute approximate surface area is 143 Å². The lowest BCUT2D eigenvalue weighted by Crippen LogP contribution is -2.23. The number of aromatic nitrogens is 1. The lowest BCUT2D eigenvalue weighted by molar-refractivity contribution is -0.116. The largest absolute Gasteiger partial charge is 0.478 e. The fraction of sp³-hybridized carbons (Fsp3) is 0.105. The van der Waals surface area contributed by atoms with Crippen molar-refractivity contribution >= 4 is 28.3 Å². The smallest absolute Gasteiger partial charge is 0.337 e. The van der Waals surface area contributed by atoms with Gasteiger partial charge in [0, 0.05) is 24.5 Å². The van der Waals surface area contributed by atoms with Crippen molar-refractivity contribution in [3.8, 4) is 0 Å². The Hall–Kier alpha value is -3.41. The molecule has 0 aliphatic heterocycles. The van der Waals surface area contributed by atoms with Gasteiger partial charge in [0.15, 0.2) is 0 Å². The third kappa shape index (κ3) is 3.58. The molecule has 2 N–H and O–H groups in total. The van der Waals surface area contributed by atoms with E-state index < -0.39 is 5.97 Å². The van der Waals surface area contributed by atoms with Crippen LogP contribution in [-0.2, 0) is 11.3 Å². The normalized spacial score (nSPS) is 10.6. The number of hydrogen-bond donors (Lipinski definition) is 2. The number of pyridine rings is 1. The number of fused-ring (bicyclic) bond motifs is 1. The van der Waals surface area contributed by atoms with Crippen LogP contribution in [0, 0.1) is 0 Å². The van der Waals surface area contributed by atoms with Gasteiger partial charge in [0.25, 0.3) is 5.56 Å². The third-order valence-corrected chi connectivity index (χ3v) is 3.90. The maximum atomic E-state index is 12.4. The number of carboxylic acids is 1. The van der Waals surface area contributed by atoms with Crippen LogP contribution < -0.4 is 10.9 Å². The van der Waals surface area contributed by atoms with Gasteiger partial charge in [-0.2, -0.15) is 0 Å². The van der Waals surface area contributed by atoms with Gasteiger partial charge in [-0.05, 0) is 29.7 Å². The summed E-state index contributed by atoms with van der Waals surface area (Å²) >= 11 is 0. The van der Waals surface area contributed by atoms with Crippen molar-refractivity contribution in [2.45, 2.75) is 13.0 Å². The molecule has 0 bridgehead atoms. The molecule has 6 heteroatoms. The SMILES string of the molecule is O=C(CCn1ccc2ccccc2c1=O)Nc1ccccc1C(=O)O. The van der Waals surface area contributed by atoms with Crippen LogP contribution in [-0.4, -0.2) is 21.6 Å². The van der Waals surface area contributed by atoms with Crippen LogP contribution in [0.3, 0.4) is 0 Å². The second-order valence-electron chi connectivity index (χ2n) is 5.55. The zero-order valence-electron chi connectivity index (χ0n) is 13.3. The molecule has 126 valence electrons. The monoisotopic (exact) mass is 336 g/mol. The molecule has 25 heavy (non-hydrogen) atoms. The van der Waals surface area contributed by atoms with E-state index in [0.717, 1.165) is 5.39 Å².